The van der Waals surface area contributed by atoms with Crippen molar-refractivity contribution in [1.29, 1.82) is 0 Å². The van der Waals surface area contributed by atoms with Crippen molar-refractivity contribution in [2.24, 2.45) is 0 Å². The summed E-state index contributed by atoms with van der Waals surface area (Å²) in [4.78, 5) is 12.1. The third-order valence-electron chi connectivity index (χ3n) is 3.06. The van der Waals surface area contributed by atoms with Crippen LogP contribution in [0.5, 0.6) is 5.75 Å². The van der Waals surface area contributed by atoms with Gasteiger partial charge in [-0.1, -0.05) is 11.6 Å². The molecule has 0 radical (unpaired) electrons. The van der Waals surface area contributed by atoms with E-state index in [0.717, 1.165) is 17.7 Å². The van der Waals surface area contributed by atoms with Crippen LogP contribution in [-0.4, -0.2) is 11.0 Å². The minimum Gasteiger partial charge on any atom is -0.507 e. The molecule has 0 fully saturated rings. The standard InChI is InChI=1S/C16H14F3NO2/c1-9-3-4-14(21)13(7-9)15(22)20-12-6-10(2)5-11(8-12)16(17,18)19/h3-8,21H,1-2H3,(H,20,22). The Morgan fingerprint density at radius 2 is 1.73 bits per heavy atom. The first-order valence-electron chi connectivity index (χ1n) is 6.46. The van der Waals surface area contributed by atoms with Crippen molar-refractivity contribution < 1.29 is 23.1 Å². The highest BCUT2D eigenvalue weighted by Crippen LogP contribution is 2.32. The molecular weight excluding hydrogens is 295 g/mol. The van der Waals surface area contributed by atoms with Crippen LogP contribution in [0.25, 0.3) is 0 Å². The summed E-state index contributed by atoms with van der Waals surface area (Å²) < 4.78 is 38.3. The van der Waals surface area contributed by atoms with Crippen molar-refractivity contribution in [1.82, 2.24) is 0 Å². The molecule has 1 amide bonds. The third-order valence-corrected chi connectivity index (χ3v) is 3.06. The largest absolute Gasteiger partial charge is 0.507 e. The smallest absolute Gasteiger partial charge is 0.416 e. The normalized spacial score (nSPS) is 11.3. The molecule has 0 atom stereocenters. The van der Waals surface area contributed by atoms with Crippen molar-refractivity contribution in [3.8, 4) is 5.75 Å². The van der Waals surface area contributed by atoms with Gasteiger partial charge in [0.2, 0.25) is 0 Å². The number of rotatable bonds is 2. The van der Waals surface area contributed by atoms with E-state index in [0.29, 0.717) is 5.56 Å². The molecule has 0 aliphatic carbocycles. The number of aryl methyl sites for hydroxylation is 2. The van der Waals surface area contributed by atoms with E-state index in [-0.39, 0.29) is 17.0 Å². The zero-order chi connectivity index (χ0) is 16.5. The van der Waals surface area contributed by atoms with Gasteiger partial charge in [0.1, 0.15) is 5.75 Å². The molecule has 0 heterocycles. The number of hydrogen-bond acceptors (Lipinski definition) is 2. The minimum atomic E-state index is -4.49. The highest BCUT2D eigenvalue weighted by Gasteiger charge is 2.31. The summed E-state index contributed by atoms with van der Waals surface area (Å²) in [6.07, 6.45) is -4.49. The first kappa shape index (κ1) is 15.9. The lowest BCUT2D eigenvalue weighted by molar-refractivity contribution is -0.137. The number of aromatic hydroxyl groups is 1. The number of phenolic OH excluding ortho intramolecular Hbond substituents is 1. The number of anilines is 1. The highest BCUT2D eigenvalue weighted by molar-refractivity contribution is 6.06. The van der Waals surface area contributed by atoms with Gasteiger partial charge in [0.05, 0.1) is 11.1 Å². The number of benzene rings is 2. The average Bonchev–Trinajstić information content (AvgIpc) is 2.39. The molecule has 0 unspecified atom stereocenters. The Labute approximate surface area is 125 Å². The van der Waals surface area contributed by atoms with Gasteiger partial charge in [-0.05, 0) is 49.7 Å². The number of carbonyl (C=O) groups is 1. The lowest BCUT2D eigenvalue weighted by atomic mass is 10.1. The first-order valence-corrected chi connectivity index (χ1v) is 6.46. The molecule has 2 N–H and O–H groups in total. The molecule has 22 heavy (non-hydrogen) atoms. The lowest BCUT2D eigenvalue weighted by Gasteiger charge is -2.12. The number of halogens is 3. The van der Waals surface area contributed by atoms with Gasteiger partial charge in [0, 0.05) is 5.69 Å². The van der Waals surface area contributed by atoms with Crippen LogP contribution in [0.1, 0.15) is 27.0 Å². The lowest BCUT2D eigenvalue weighted by Crippen LogP contribution is -2.14. The molecule has 2 rings (SSSR count). The van der Waals surface area contributed by atoms with E-state index in [9.17, 15) is 23.1 Å². The highest BCUT2D eigenvalue weighted by atomic mass is 19.4. The first-order chi connectivity index (χ1) is 10.2. The summed E-state index contributed by atoms with van der Waals surface area (Å²) in [5.41, 5.74) is 0.325. The van der Waals surface area contributed by atoms with Crippen LogP contribution in [0.3, 0.4) is 0 Å². The molecule has 0 aromatic heterocycles. The fourth-order valence-corrected chi connectivity index (χ4v) is 2.05. The van der Waals surface area contributed by atoms with Crippen molar-refractivity contribution >= 4 is 11.6 Å². The number of nitrogens with one attached hydrogen (secondary N) is 1. The van der Waals surface area contributed by atoms with E-state index in [1.165, 1.54) is 25.1 Å². The Hall–Kier alpha value is -2.50. The topological polar surface area (TPSA) is 49.3 Å². The van der Waals surface area contributed by atoms with Crippen molar-refractivity contribution in [2.45, 2.75) is 20.0 Å². The van der Waals surface area contributed by atoms with Crippen molar-refractivity contribution in [2.75, 3.05) is 5.32 Å². The predicted octanol–water partition coefficient (Wildman–Crippen LogP) is 4.28. The third kappa shape index (κ3) is 3.58. The second-order valence-corrected chi connectivity index (χ2v) is 5.06. The van der Waals surface area contributed by atoms with Crippen LogP contribution < -0.4 is 5.32 Å². The Balaban J connectivity index is 2.32. The molecule has 0 aliphatic heterocycles. The predicted molar refractivity (Wildman–Crippen MR) is 77.0 cm³/mol. The Kier molecular flexibility index (Phi) is 4.12. The molecule has 0 saturated carbocycles. The number of hydrogen-bond donors (Lipinski definition) is 2. The van der Waals surface area contributed by atoms with Gasteiger partial charge >= 0.3 is 6.18 Å². The molecular formula is C16H14F3NO2. The van der Waals surface area contributed by atoms with E-state index in [2.05, 4.69) is 5.32 Å². The second kappa shape index (κ2) is 5.71. The molecule has 3 nitrogen and oxygen atoms in total. The van der Waals surface area contributed by atoms with Crippen molar-refractivity contribution in [3.63, 3.8) is 0 Å². The average molecular weight is 309 g/mol. The summed E-state index contributed by atoms with van der Waals surface area (Å²) in [6, 6.07) is 7.74. The molecule has 0 bridgehead atoms. The maximum Gasteiger partial charge on any atom is 0.416 e. The van der Waals surface area contributed by atoms with E-state index < -0.39 is 17.6 Å². The van der Waals surface area contributed by atoms with Gasteiger partial charge in [-0.15, -0.1) is 0 Å². The van der Waals surface area contributed by atoms with Crippen molar-refractivity contribution in [3.05, 3.63) is 58.7 Å². The molecule has 2 aromatic rings. The number of phenols is 1. The molecule has 6 heteroatoms. The second-order valence-electron chi connectivity index (χ2n) is 5.06. The zero-order valence-electron chi connectivity index (χ0n) is 12.0. The van der Waals surface area contributed by atoms with Crippen LogP contribution in [0.4, 0.5) is 18.9 Å². The quantitative estimate of drug-likeness (QED) is 0.870. The van der Waals surface area contributed by atoms with Crippen LogP contribution in [0.15, 0.2) is 36.4 Å². The summed E-state index contributed by atoms with van der Waals surface area (Å²) in [6.45, 7) is 3.25. The number of alkyl halides is 3. The summed E-state index contributed by atoms with van der Waals surface area (Å²) in [5.74, 6) is -0.897. The molecule has 116 valence electrons. The molecule has 2 aromatic carbocycles. The number of carbonyl (C=O) groups excluding carboxylic acids is 1. The zero-order valence-corrected chi connectivity index (χ0v) is 12.0. The van der Waals surface area contributed by atoms with Gasteiger partial charge in [0.25, 0.3) is 5.91 Å². The molecule has 0 aliphatic rings. The Morgan fingerprint density at radius 3 is 2.36 bits per heavy atom. The van der Waals surface area contributed by atoms with Crippen LogP contribution in [-0.2, 0) is 6.18 Å². The van der Waals surface area contributed by atoms with Gasteiger partial charge < -0.3 is 10.4 Å². The van der Waals surface area contributed by atoms with E-state index in [1.807, 2.05) is 0 Å². The maximum absolute atomic E-state index is 12.8. The van der Waals surface area contributed by atoms with E-state index >= 15 is 0 Å². The van der Waals surface area contributed by atoms with Gasteiger partial charge in [-0.25, -0.2) is 0 Å². The van der Waals surface area contributed by atoms with Gasteiger partial charge in [0.15, 0.2) is 0 Å². The van der Waals surface area contributed by atoms with E-state index in [4.69, 9.17) is 0 Å². The Morgan fingerprint density at radius 1 is 1.05 bits per heavy atom. The fraction of sp³-hybridized carbons (Fsp3) is 0.188. The summed E-state index contributed by atoms with van der Waals surface area (Å²) in [5, 5.41) is 12.1. The van der Waals surface area contributed by atoms with Gasteiger partial charge in [-0.3, -0.25) is 4.79 Å². The Bertz CT molecular complexity index is 724. The van der Waals surface area contributed by atoms with Gasteiger partial charge in [-0.2, -0.15) is 13.2 Å². The van der Waals surface area contributed by atoms with Crippen LogP contribution in [0, 0.1) is 13.8 Å². The summed E-state index contributed by atoms with van der Waals surface area (Å²) in [7, 11) is 0. The van der Waals surface area contributed by atoms with E-state index in [1.54, 1.807) is 13.0 Å². The minimum absolute atomic E-state index is 0.00932. The summed E-state index contributed by atoms with van der Waals surface area (Å²) >= 11 is 0. The maximum atomic E-state index is 12.8. The fourth-order valence-electron chi connectivity index (χ4n) is 2.05. The van der Waals surface area contributed by atoms with Crippen LogP contribution >= 0.6 is 0 Å². The molecule has 0 spiro atoms. The SMILES string of the molecule is Cc1cc(NC(=O)c2cc(C)ccc2O)cc(C(F)(F)F)c1. The monoisotopic (exact) mass is 309 g/mol. The molecule has 0 saturated heterocycles. The number of amides is 1. The van der Waals surface area contributed by atoms with Crippen LogP contribution in [0.2, 0.25) is 0 Å².